The van der Waals surface area contributed by atoms with Crippen LogP contribution in [0.3, 0.4) is 0 Å². The number of piperidine rings is 1. The number of nitrogens with zero attached hydrogens (tertiary/aromatic N) is 1. The van der Waals surface area contributed by atoms with Crippen molar-refractivity contribution in [3.8, 4) is 0 Å². The third-order valence-electron chi connectivity index (χ3n) is 7.15. The van der Waals surface area contributed by atoms with Crippen molar-refractivity contribution in [1.29, 1.82) is 0 Å². The first-order valence-electron chi connectivity index (χ1n) is 10.3. The lowest BCUT2D eigenvalue weighted by Crippen LogP contribution is -2.71. The van der Waals surface area contributed by atoms with Gasteiger partial charge in [-0.05, 0) is 44.4 Å². The second kappa shape index (κ2) is 7.21. The van der Waals surface area contributed by atoms with E-state index in [-0.39, 0.29) is 0 Å². The molecule has 0 aromatic heterocycles. The predicted molar refractivity (Wildman–Crippen MR) is 94.7 cm³/mol. The fraction of sp³-hybridized carbons (Fsp3) is 1.00. The van der Waals surface area contributed by atoms with Crippen molar-refractivity contribution in [2.75, 3.05) is 13.1 Å². The monoisotopic (exact) mass is 307 g/mol. The summed E-state index contributed by atoms with van der Waals surface area (Å²) in [6.45, 7) is 7.55. The lowest BCUT2D eigenvalue weighted by atomic mass is 9.73. The molecule has 1 aliphatic heterocycles. The highest BCUT2D eigenvalue weighted by Crippen LogP contribution is 2.45. The van der Waals surface area contributed by atoms with Crippen LogP contribution in [0.5, 0.6) is 0 Å². The van der Waals surface area contributed by atoms with Crippen LogP contribution in [0, 0.1) is 11.8 Å². The van der Waals surface area contributed by atoms with Gasteiger partial charge in [0.25, 0.3) is 0 Å². The van der Waals surface area contributed by atoms with E-state index in [9.17, 15) is 0 Å². The Morgan fingerprint density at radius 1 is 0.955 bits per heavy atom. The van der Waals surface area contributed by atoms with E-state index >= 15 is 0 Å². The van der Waals surface area contributed by atoms with Crippen LogP contribution in [0.2, 0.25) is 0 Å². The molecular weight excluding hydrogens is 268 g/mol. The van der Waals surface area contributed by atoms with Crippen molar-refractivity contribution in [2.45, 2.75) is 103 Å². The number of quaternary nitrogens is 1. The summed E-state index contributed by atoms with van der Waals surface area (Å²) in [5.74, 6) is 1.87. The summed E-state index contributed by atoms with van der Waals surface area (Å²) in [5.41, 5.74) is 6.61. The number of unbranched alkanes of at least 4 members (excludes halogenated alkanes) is 1. The van der Waals surface area contributed by atoms with Crippen LogP contribution >= 0.6 is 0 Å². The number of nitrogens with two attached hydrogens (primary N) is 1. The highest BCUT2D eigenvalue weighted by molar-refractivity contribution is 4.86. The summed E-state index contributed by atoms with van der Waals surface area (Å²) in [5, 5.41) is 0. The van der Waals surface area contributed by atoms with Gasteiger partial charge in [0.2, 0.25) is 0 Å². The van der Waals surface area contributed by atoms with Gasteiger partial charge >= 0.3 is 0 Å². The van der Waals surface area contributed by atoms with Crippen LogP contribution in [-0.2, 0) is 0 Å². The first-order chi connectivity index (χ1) is 10.6. The Labute approximate surface area is 138 Å². The topological polar surface area (TPSA) is 26.0 Å². The van der Waals surface area contributed by atoms with Gasteiger partial charge in [-0.25, -0.2) is 0 Å². The van der Waals surface area contributed by atoms with E-state index in [4.69, 9.17) is 5.73 Å². The number of hydrogen-bond donors (Lipinski definition) is 1. The normalized spacial score (nSPS) is 43.8. The molecule has 2 aliphatic carbocycles. The van der Waals surface area contributed by atoms with Gasteiger partial charge in [0.15, 0.2) is 0 Å². The van der Waals surface area contributed by atoms with Crippen LogP contribution in [-0.4, -0.2) is 35.7 Å². The molecule has 2 nitrogen and oxygen atoms in total. The Morgan fingerprint density at radius 3 is 2.32 bits per heavy atom. The molecule has 2 N–H and O–H groups in total. The third kappa shape index (κ3) is 3.38. The fourth-order valence-corrected chi connectivity index (χ4v) is 6.04. The van der Waals surface area contributed by atoms with E-state index < -0.39 is 0 Å². The van der Waals surface area contributed by atoms with E-state index in [1.54, 1.807) is 0 Å². The maximum absolute atomic E-state index is 6.61. The molecule has 0 radical (unpaired) electrons. The molecule has 3 aliphatic rings. The van der Waals surface area contributed by atoms with Crippen LogP contribution in [0.15, 0.2) is 0 Å². The summed E-state index contributed by atoms with van der Waals surface area (Å²) in [6, 6.07) is 2.36. The molecule has 128 valence electrons. The maximum atomic E-state index is 6.61. The van der Waals surface area contributed by atoms with Crippen molar-refractivity contribution in [2.24, 2.45) is 17.6 Å². The van der Waals surface area contributed by atoms with E-state index in [0.717, 1.165) is 23.9 Å². The van der Waals surface area contributed by atoms with E-state index in [1.165, 1.54) is 88.2 Å². The minimum atomic E-state index is 0.466. The molecule has 1 saturated heterocycles. The number of hydrogen-bond acceptors (Lipinski definition) is 1. The van der Waals surface area contributed by atoms with Crippen molar-refractivity contribution in [1.82, 2.24) is 0 Å². The van der Waals surface area contributed by atoms with Gasteiger partial charge in [-0.3, -0.25) is 0 Å². The van der Waals surface area contributed by atoms with Gasteiger partial charge in [0.05, 0.1) is 31.2 Å². The van der Waals surface area contributed by atoms with Crippen molar-refractivity contribution >= 4 is 0 Å². The first kappa shape index (κ1) is 16.8. The van der Waals surface area contributed by atoms with Gasteiger partial charge < -0.3 is 10.2 Å². The quantitative estimate of drug-likeness (QED) is 0.745. The molecule has 0 spiro atoms. The summed E-state index contributed by atoms with van der Waals surface area (Å²) in [4.78, 5) is 0. The molecule has 1 heterocycles. The smallest absolute Gasteiger partial charge is 0.0944 e. The minimum absolute atomic E-state index is 0.466. The van der Waals surface area contributed by atoms with Gasteiger partial charge in [0, 0.05) is 18.8 Å². The molecule has 2 heteroatoms. The lowest BCUT2D eigenvalue weighted by molar-refractivity contribution is -0.988. The summed E-state index contributed by atoms with van der Waals surface area (Å²) in [6.07, 6.45) is 15.8. The third-order valence-corrected chi connectivity index (χ3v) is 7.15. The molecule has 22 heavy (non-hydrogen) atoms. The Hall–Kier alpha value is -0.0800. The molecule has 2 saturated carbocycles. The Balaban J connectivity index is 1.77. The summed E-state index contributed by atoms with van der Waals surface area (Å²) in [7, 11) is 0. The highest BCUT2D eigenvalue weighted by atomic mass is 15.4. The molecule has 0 aromatic carbocycles. The molecule has 0 aromatic rings. The predicted octanol–water partition coefficient (Wildman–Crippen LogP) is 4.47. The van der Waals surface area contributed by atoms with Crippen LogP contribution in [0.4, 0.5) is 0 Å². The van der Waals surface area contributed by atoms with Crippen LogP contribution in [0.25, 0.3) is 0 Å². The average Bonchev–Trinajstić information content (AvgIpc) is 2.50. The van der Waals surface area contributed by atoms with Gasteiger partial charge in [0.1, 0.15) is 0 Å². The zero-order chi connectivity index (χ0) is 15.6. The largest absolute Gasteiger partial charge is 0.323 e. The molecule has 3 atom stereocenters. The Bertz CT molecular complexity index is 344. The number of rotatable bonds is 5. The minimum Gasteiger partial charge on any atom is -0.323 e. The van der Waals surface area contributed by atoms with Crippen molar-refractivity contribution < 1.29 is 4.48 Å². The van der Waals surface area contributed by atoms with Gasteiger partial charge in [-0.15, -0.1) is 0 Å². The summed E-state index contributed by atoms with van der Waals surface area (Å²) < 4.78 is 1.44. The number of likely N-dealkylation sites (tertiary alicyclic amines) is 1. The zero-order valence-corrected chi connectivity index (χ0v) is 15.1. The molecule has 0 bridgehead atoms. The standard InChI is InChI=1S/C20H39N2/c1-3-4-8-17-13-18(21)15-22(14-17,20-11-16(2)12-20)19-9-6-5-7-10-19/h16-20H,3-15,21H2,1-2H3/q+1. The molecule has 3 fully saturated rings. The molecular formula is C20H39N2+. The Kier molecular flexibility index (Phi) is 5.50. The lowest BCUT2D eigenvalue weighted by Gasteiger charge is -2.59. The fourth-order valence-electron chi connectivity index (χ4n) is 6.04. The van der Waals surface area contributed by atoms with Crippen LogP contribution in [0.1, 0.15) is 84.5 Å². The average molecular weight is 308 g/mol. The zero-order valence-electron chi connectivity index (χ0n) is 15.1. The highest BCUT2D eigenvalue weighted by Gasteiger charge is 2.52. The second-order valence-corrected chi connectivity index (χ2v) is 8.99. The van der Waals surface area contributed by atoms with Crippen molar-refractivity contribution in [3.63, 3.8) is 0 Å². The molecule has 0 amide bonds. The first-order valence-corrected chi connectivity index (χ1v) is 10.3. The van der Waals surface area contributed by atoms with Crippen LogP contribution < -0.4 is 5.73 Å². The van der Waals surface area contributed by atoms with E-state index in [1.807, 2.05) is 0 Å². The van der Waals surface area contributed by atoms with Crippen molar-refractivity contribution in [3.05, 3.63) is 0 Å². The van der Waals surface area contributed by atoms with Gasteiger partial charge in [-0.2, -0.15) is 0 Å². The van der Waals surface area contributed by atoms with E-state index in [0.29, 0.717) is 6.04 Å². The summed E-state index contributed by atoms with van der Waals surface area (Å²) >= 11 is 0. The second-order valence-electron chi connectivity index (χ2n) is 8.99. The van der Waals surface area contributed by atoms with E-state index in [2.05, 4.69) is 13.8 Å². The molecule has 3 rings (SSSR count). The SMILES string of the molecule is CCCCC1CC(N)C[N+](C2CCCCC2)(C2CC(C)C2)C1. The Morgan fingerprint density at radius 2 is 1.68 bits per heavy atom. The maximum Gasteiger partial charge on any atom is 0.0944 e. The van der Waals surface area contributed by atoms with Gasteiger partial charge in [-0.1, -0.05) is 33.1 Å². The molecule has 3 unspecified atom stereocenters.